The SMILES string of the molecule is CCCC(C)C1CCCC(CC)C1. The lowest BCUT2D eigenvalue weighted by Crippen LogP contribution is -2.20. The summed E-state index contributed by atoms with van der Waals surface area (Å²) in [5, 5.41) is 0. The molecule has 0 aliphatic heterocycles. The fourth-order valence-corrected chi connectivity index (χ4v) is 2.91. The van der Waals surface area contributed by atoms with Gasteiger partial charge in [0, 0.05) is 0 Å². The Balaban J connectivity index is 2.32. The van der Waals surface area contributed by atoms with Gasteiger partial charge in [0.15, 0.2) is 0 Å². The minimum absolute atomic E-state index is 0.986. The summed E-state index contributed by atoms with van der Waals surface area (Å²) in [5.74, 6) is 3.09. The molecule has 0 saturated heterocycles. The van der Waals surface area contributed by atoms with E-state index in [0.717, 1.165) is 17.8 Å². The quantitative estimate of drug-likeness (QED) is 0.594. The first-order valence-electron chi connectivity index (χ1n) is 6.27. The Kier molecular flexibility index (Phi) is 4.83. The zero-order valence-electron chi connectivity index (χ0n) is 9.68. The molecule has 0 amide bonds. The molecular formula is C13H26. The average Bonchev–Trinajstić information content (AvgIpc) is 2.18. The number of hydrogen-bond acceptors (Lipinski definition) is 0. The van der Waals surface area contributed by atoms with Crippen molar-refractivity contribution < 1.29 is 0 Å². The molecule has 3 unspecified atom stereocenters. The molecule has 78 valence electrons. The summed E-state index contributed by atoms with van der Waals surface area (Å²) < 4.78 is 0. The maximum absolute atomic E-state index is 2.46. The van der Waals surface area contributed by atoms with Gasteiger partial charge in [0.25, 0.3) is 0 Å². The molecule has 1 saturated carbocycles. The van der Waals surface area contributed by atoms with Gasteiger partial charge in [-0.1, -0.05) is 59.3 Å². The van der Waals surface area contributed by atoms with E-state index >= 15 is 0 Å². The lowest BCUT2D eigenvalue weighted by atomic mass is 9.74. The second kappa shape index (κ2) is 5.67. The highest BCUT2D eigenvalue weighted by molar-refractivity contribution is 4.75. The Bertz CT molecular complexity index is 128. The van der Waals surface area contributed by atoms with Crippen LogP contribution >= 0.6 is 0 Å². The summed E-state index contributed by atoms with van der Waals surface area (Å²) in [6.45, 7) is 7.14. The predicted octanol–water partition coefficient (Wildman–Crippen LogP) is 4.64. The van der Waals surface area contributed by atoms with Gasteiger partial charge in [0.05, 0.1) is 0 Å². The van der Waals surface area contributed by atoms with Gasteiger partial charge in [-0.2, -0.15) is 0 Å². The largest absolute Gasteiger partial charge is 0.0654 e. The van der Waals surface area contributed by atoms with Crippen LogP contribution in [0, 0.1) is 17.8 Å². The van der Waals surface area contributed by atoms with Crippen LogP contribution in [0.15, 0.2) is 0 Å². The minimum Gasteiger partial charge on any atom is -0.0654 e. The first kappa shape index (κ1) is 11.1. The van der Waals surface area contributed by atoms with E-state index in [-0.39, 0.29) is 0 Å². The molecule has 0 spiro atoms. The van der Waals surface area contributed by atoms with Crippen molar-refractivity contribution in [1.29, 1.82) is 0 Å². The van der Waals surface area contributed by atoms with Crippen molar-refractivity contribution in [2.45, 2.75) is 65.7 Å². The molecule has 0 aromatic heterocycles. The van der Waals surface area contributed by atoms with Gasteiger partial charge in [-0.15, -0.1) is 0 Å². The predicted molar refractivity (Wildman–Crippen MR) is 59.8 cm³/mol. The summed E-state index contributed by atoms with van der Waals surface area (Å²) in [7, 11) is 0. The standard InChI is InChI=1S/C13H26/c1-4-7-11(3)13-9-6-8-12(5-2)10-13/h11-13H,4-10H2,1-3H3. The van der Waals surface area contributed by atoms with E-state index in [1.54, 1.807) is 0 Å². The van der Waals surface area contributed by atoms with Crippen LogP contribution in [0.3, 0.4) is 0 Å². The van der Waals surface area contributed by atoms with Gasteiger partial charge >= 0.3 is 0 Å². The Labute approximate surface area is 84.1 Å². The summed E-state index contributed by atoms with van der Waals surface area (Å²) in [6.07, 6.45) is 10.3. The summed E-state index contributed by atoms with van der Waals surface area (Å²) in [6, 6.07) is 0. The molecule has 0 aromatic rings. The molecule has 1 aliphatic rings. The monoisotopic (exact) mass is 182 g/mol. The minimum atomic E-state index is 0.986. The molecular weight excluding hydrogens is 156 g/mol. The lowest BCUT2D eigenvalue weighted by molar-refractivity contribution is 0.193. The Morgan fingerprint density at radius 3 is 2.62 bits per heavy atom. The smallest absolute Gasteiger partial charge is 0.0386 e. The second-order valence-corrected chi connectivity index (χ2v) is 4.97. The van der Waals surface area contributed by atoms with E-state index < -0.39 is 0 Å². The zero-order chi connectivity index (χ0) is 9.68. The van der Waals surface area contributed by atoms with Crippen LogP contribution < -0.4 is 0 Å². The van der Waals surface area contributed by atoms with Crippen molar-refractivity contribution in [1.82, 2.24) is 0 Å². The Hall–Kier alpha value is 0. The molecule has 1 rings (SSSR count). The van der Waals surface area contributed by atoms with Gasteiger partial charge < -0.3 is 0 Å². The first-order chi connectivity index (χ1) is 6.27. The topological polar surface area (TPSA) is 0 Å². The van der Waals surface area contributed by atoms with Gasteiger partial charge in [-0.3, -0.25) is 0 Å². The van der Waals surface area contributed by atoms with Crippen molar-refractivity contribution >= 4 is 0 Å². The molecule has 0 nitrogen and oxygen atoms in total. The third-order valence-corrected chi connectivity index (χ3v) is 3.95. The molecule has 0 heteroatoms. The van der Waals surface area contributed by atoms with E-state index in [2.05, 4.69) is 20.8 Å². The molecule has 0 aromatic carbocycles. The fraction of sp³-hybridized carbons (Fsp3) is 1.00. The van der Waals surface area contributed by atoms with Crippen molar-refractivity contribution in [2.24, 2.45) is 17.8 Å². The van der Waals surface area contributed by atoms with Gasteiger partial charge in [0.2, 0.25) is 0 Å². The van der Waals surface area contributed by atoms with Crippen molar-refractivity contribution in [3.05, 3.63) is 0 Å². The zero-order valence-corrected chi connectivity index (χ0v) is 9.68. The number of hydrogen-bond donors (Lipinski definition) is 0. The van der Waals surface area contributed by atoms with Gasteiger partial charge in [-0.25, -0.2) is 0 Å². The third-order valence-electron chi connectivity index (χ3n) is 3.95. The molecule has 0 heterocycles. The Morgan fingerprint density at radius 2 is 2.00 bits per heavy atom. The van der Waals surface area contributed by atoms with Crippen LogP contribution in [0.2, 0.25) is 0 Å². The normalized spacial score (nSPS) is 31.6. The molecule has 3 atom stereocenters. The van der Waals surface area contributed by atoms with Crippen molar-refractivity contribution in [3.63, 3.8) is 0 Å². The van der Waals surface area contributed by atoms with Gasteiger partial charge in [0.1, 0.15) is 0 Å². The summed E-state index contributed by atoms with van der Waals surface area (Å²) in [4.78, 5) is 0. The summed E-state index contributed by atoms with van der Waals surface area (Å²) in [5.41, 5.74) is 0. The number of rotatable bonds is 4. The first-order valence-corrected chi connectivity index (χ1v) is 6.27. The maximum atomic E-state index is 2.46. The average molecular weight is 182 g/mol. The second-order valence-electron chi connectivity index (χ2n) is 4.97. The van der Waals surface area contributed by atoms with Crippen LogP contribution in [0.25, 0.3) is 0 Å². The van der Waals surface area contributed by atoms with E-state index in [9.17, 15) is 0 Å². The highest BCUT2D eigenvalue weighted by Crippen LogP contribution is 2.36. The van der Waals surface area contributed by atoms with E-state index in [1.165, 1.54) is 44.9 Å². The van der Waals surface area contributed by atoms with E-state index in [1.807, 2.05) is 0 Å². The highest BCUT2D eigenvalue weighted by Gasteiger charge is 2.24. The van der Waals surface area contributed by atoms with Crippen LogP contribution in [-0.4, -0.2) is 0 Å². The van der Waals surface area contributed by atoms with Crippen LogP contribution in [0.5, 0.6) is 0 Å². The molecule has 1 aliphatic carbocycles. The highest BCUT2D eigenvalue weighted by atomic mass is 14.3. The van der Waals surface area contributed by atoms with Crippen LogP contribution in [-0.2, 0) is 0 Å². The van der Waals surface area contributed by atoms with Crippen molar-refractivity contribution in [3.8, 4) is 0 Å². The maximum Gasteiger partial charge on any atom is -0.0386 e. The molecule has 0 radical (unpaired) electrons. The fourth-order valence-electron chi connectivity index (χ4n) is 2.91. The third kappa shape index (κ3) is 3.32. The summed E-state index contributed by atoms with van der Waals surface area (Å²) >= 11 is 0. The molecule has 0 bridgehead atoms. The lowest BCUT2D eigenvalue weighted by Gasteiger charge is -2.32. The molecule has 1 fully saturated rings. The van der Waals surface area contributed by atoms with E-state index in [4.69, 9.17) is 0 Å². The van der Waals surface area contributed by atoms with Gasteiger partial charge in [-0.05, 0) is 24.2 Å². The van der Waals surface area contributed by atoms with Crippen LogP contribution in [0.4, 0.5) is 0 Å². The van der Waals surface area contributed by atoms with Crippen LogP contribution in [0.1, 0.15) is 65.7 Å². The van der Waals surface area contributed by atoms with Crippen molar-refractivity contribution in [2.75, 3.05) is 0 Å². The molecule has 13 heavy (non-hydrogen) atoms. The Morgan fingerprint density at radius 1 is 1.23 bits per heavy atom. The molecule has 0 N–H and O–H groups in total. The van der Waals surface area contributed by atoms with E-state index in [0.29, 0.717) is 0 Å².